The number of pyridine rings is 1. The number of carbonyl (C=O) groups excluding carboxylic acids is 2. The number of aromatic nitrogens is 1. The average molecular weight is 355 g/mol. The van der Waals surface area contributed by atoms with Gasteiger partial charge >= 0.3 is 0 Å². The van der Waals surface area contributed by atoms with Crippen LogP contribution in [0.25, 0.3) is 10.9 Å². The van der Waals surface area contributed by atoms with Crippen LogP contribution in [0.3, 0.4) is 0 Å². The van der Waals surface area contributed by atoms with Crippen LogP contribution >= 0.6 is 0 Å². The van der Waals surface area contributed by atoms with Crippen molar-refractivity contribution in [3.8, 4) is 0 Å². The Hall–Kier alpha value is -2.50. The van der Waals surface area contributed by atoms with Crippen LogP contribution in [-0.2, 0) is 4.79 Å². The van der Waals surface area contributed by atoms with Gasteiger partial charge in [0.2, 0.25) is 5.91 Å². The molecule has 2 aliphatic rings. The summed E-state index contributed by atoms with van der Waals surface area (Å²) >= 11 is 0. The predicted octanol–water partition coefficient (Wildman–Crippen LogP) is 2.83. The molecule has 0 bridgehead atoms. The number of primary amides is 1. The number of fused-ring (bicyclic) bond motifs is 1. The van der Waals surface area contributed by atoms with E-state index in [1.54, 1.807) is 12.1 Å². The van der Waals surface area contributed by atoms with Crippen molar-refractivity contribution in [2.24, 2.45) is 17.6 Å². The highest BCUT2D eigenvalue weighted by atomic mass is 19.1. The lowest BCUT2D eigenvalue weighted by atomic mass is 9.89. The minimum absolute atomic E-state index is 0.0765. The van der Waals surface area contributed by atoms with Crippen molar-refractivity contribution in [3.05, 3.63) is 41.3 Å². The third kappa shape index (κ3) is 3.04. The highest BCUT2D eigenvalue weighted by molar-refractivity contribution is 5.97. The van der Waals surface area contributed by atoms with E-state index in [0.717, 1.165) is 19.3 Å². The lowest BCUT2D eigenvalue weighted by Gasteiger charge is -2.32. The van der Waals surface area contributed by atoms with Gasteiger partial charge in [0.05, 0.1) is 16.8 Å². The maximum absolute atomic E-state index is 13.5. The number of hydrogen-bond acceptors (Lipinski definition) is 3. The fourth-order valence-electron chi connectivity index (χ4n) is 3.94. The maximum atomic E-state index is 13.5. The summed E-state index contributed by atoms with van der Waals surface area (Å²) in [4.78, 5) is 30.9. The molecule has 2 aromatic rings. The summed E-state index contributed by atoms with van der Waals surface area (Å²) in [6, 6.07) is 5.97. The van der Waals surface area contributed by atoms with Crippen molar-refractivity contribution < 1.29 is 14.0 Å². The van der Waals surface area contributed by atoms with E-state index in [1.807, 2.05) is 4.90 Å². The van der Waals surface area contributed by atoms with E-state index >= 15 is 0 Å². The van der Waals surface area contributed by atoms with Crippen molar-refractivity contribution in [2.45, 2.75) is 32.1 Å². The standard InChI is InChI=1S/C20H22FN3O2/c1-11-8-15(11)20(26)24-6-4-12(5-7-24)18-16(19(22)25)10-13-9-14(21)2-3-17(13)23-18/h2-3,9-12,15H,4-8H2,1H3,(H2,22,25)/t11-,15+/m0/s1. The van der Waals surface area contributed by atoms with Gasteiger partial charge < -0.3 is 10.6 Å². The van der Waals surface area contributed by atoms with E-state index in [4.69, 9.17) is 5.73 Å². The number of nitrogens with zero attached hydrogens (tertiary/aromatic N) is 2. The molecule has 1 saturated heterocycles. The lowest BCUT2D eigenvalue weighted by Crippen LogP contribution is -2.39. The SMILES string of the molecule is C[C@H]1C[C@H]1C(=O)N1CCC(c2nc3ccc(F)cc3cc2C(N)=O)CC1. The average Bonchev–Trinajstić information content (AvgIpc) is 3.36. The largest absolute Gasteiger partial charge is 0.366 e. The molecule has 0 spiro atoms. The first-order valence-corrected chi connectivity index (χ1v) is 9.13. The summed E-state index contributed by atoms with van der Waals surface area (Å²) in [5.41, 5.74) is 7.22. The van der Waals surface area contributed by atoms with Crippen LogP contribution in [-0.4, -0.2) is 34.8 Å². The zero-order valence-electron chi connectivity index (χ0n) is 14.7. The number of rotatable bonds is 3. The van der Waals surface area contributed by atoms with Gasteiger partial charge in [-0.15, -0.1) is 0 Å². The number of benzene rings is 1. The molecule has 4 rings (SSSR count). The Labute approximate surface area is 151 Å². The van der Waals surface area contributed by atoms with Gasteiger partial charge in [0.1, 0.15) is 5.82 Å². The highest BCUT2D eigenvalue weighted by Crippen LogP contribution is 2.40. The topological polar surface area (TPSA) is 76.3 Å². The minimum atomic E-state index is -0.552. The Morgan fingerprint density at radius 2 is 1.92 bits per heavy atom. The molecule has 5 nitrogen and oxygen atoms in total. The third-order valence-electron chi connectivity index (χ3n) is 5.69. The number of amides is 2. The maximum Gasteiger partial charge on any atom is 0.250 e. The number of carbonyl (C=O) groups is 2. The van der Waals surface area contributed by atoms with Crippen molar-refractivity contribution in [2.75, 3.05) is 13.1 Å². The molecule has 1 aliphatic heterocycles. The summed E-state index contributed by atoms with van der Waals surface area (Å²) in [5.74, 6) is 0.110. The molecule has 1 aromatic carbocycles. The summed E-state index contributed by atoms with van der Waals surface area (Å²) in [6.45, 7) is 3.46. The predicted molar refractivity (Wildman–Crippen MR) is 96.0 cm³/mol. The first-order valence-electron chi connectivity index (χ1n) is 9.13. The first kappa shape index (κ1) is 16.9. The number of piperidine rings is 1. The molecule has 2 atom stereocenters. The van der Waals surface area contributed by atoms with Gasteiger partial charge in [0.25, 0.3) is 5.91 Å². The normalized spacial score (nSPS) is 23.2. The van der Waals surface area contributed by atoms with Crippen LogP contribution in [0.15, 0.2) is 24.3 Å². The van der Waals surface area contributed by atoms with Crippen molar-refractivity contribution >= 4 is 22.7 Å². The molecule has 6 heteroatoms. The van der Waals surface area contributed by atoms with Gasteiger partial charge in [0, 0.05) is 30.3 Å². The summed E-state index contributed by atoms with van der Waals surface area (Å²) < 4.78 is 13.5. The lowest BCUT2D eigenvalue weighted by molar-refractivity contribution is -0.133. The van der Waals surface area contributed by atoms with Gasteiger partial charge in [-0.05, 0) is 49.4 Å². The zero-order chi connectivity index (χ0) is 18.4. The molecule has 26 heavy (non-hydrogen) atoms. The van der Waals surface area contributed by atoms with Crippen molar-refractivity contribution in [1.29, 1.82) is 0 Å². The molecular formula is C20H22FN3O2. The van der Waals surface area contributed by atoms with Crippen LogP contribution in [0.1, 0.15) is 48.2 Å². The Kier molecular flexibility index (Phi) is 4.13. The van der Waals surface area contributed by atoms with Crippen LogP contribution in [0.4, 0.5) is 4.39 Å². The Morgan fingerprint density at radius 1 is 1.23 bits per heavy atom. The second kappa shape index (κ2) is 6.34. The fraction of sp³-hybridized carbons (Fsp3) is 0.450. The van der Waals surface area contributed by atoms with E-state index in [0.29, 0.717) is 41.2 Å². The Morgan fingerprint density at radius 3 is 2.54 bits per heavy atom. The van der Waals surface area contributed by atoms with E-state index < -0.39 is 5.91 Å². The van der Waals surface area contributed by atoms with Crippen LogP contribution in [0, 0.1) is 17.7 Å². The second-order valence-electron chi connectivity index (χ2n) is 7.54. The summed E-state index contributed by atoms with van der Waals surface area (Å²) in [6.07, 6.45) is 2.51. The number of hydrogen-bond donors (Lipinski definition) is 1. The number of halogens is 1. The van der Waals surface area contributed by atoms with E-state index in [-0.39, 0.29) is 23.6 Å². The Balaban J connectivity index is 1.58. The van der Waals surface area contributed by atoms with E-state index in [9.17, 15) is 14.0 Å². The van der Waals surface area contributed by atoms with Gasteiger partial charge in [-0.2, -0.15) is 0 Å². The van der Waals surface area contributed by atoms with Gasteiger partial charge in [0.15, 0.2) is 0 Å². The van der Waals surface area contributed by atoms with Gasteiger partial charge in [-0.3, -0.25) is 14.6 Å². The van der Waals surface area contributed by atoms with Crippen LogP contribution < -0.4 is 5.73 Å². The number of nitrogens with two attached hydrogens (primary N) is 1. The van der Waals surface area contributed by atoms with Crippen molar-refractivity contribution in [1.82, 2.24) is 9.88 Å². The molecule has 2 N–H and O–H groups in total. The van der Waals surface area contributed by atoms with Crippen LogP contribution in [0.2, 0.25) is 0 Å². The highest BCUT2D eigenvalue weighted by Gasteiger charge is 2.42. The fourth-order valence-corrected chi connectivity index (χ4v) is 3.94. The molecule has 1 aliphatic carbocycles. The first-order chi connectivity index (χ1) is 12.4. The van der Waals surface area contributed by atoms with E-state index in [2.05, 4.69) is 11.9 Å². The molecule has 0 radical (unpaired) electrons. The summed E-state index contributed by atoms with van der Waals surface area (Å²) in [7, 11) is 0. The molecule has 1 aromatic heterocycles. The summed E-state index contributed by atoms with van der Waals surface area (Å²) in [5, 5.41) is 0.567. The monoisotopic (exact) mass is 355 g/mol. The molecule has 1 saturated carbocycles. The third-order valence-corrected chi connectivity index (χ3v) is 5.69. The molecule has 0 unspecified atom stereocenters. The van der Waals surface area contributed by atoms with E-state index in [1.165, 1.54) is 12.1 Å². The quantitative estimate of drug-likeness (QED) is 0.920. The second-order valence-corrected chi connectivity index (χ2v) is 7.54. The smallest absolute Gasteiger partial charge is 0.250 e. The molecule has 2 heterocycles. The number of likely N-dealkylation sites (tertiary alicyclic amines) is 1. The molecule has 2 amide bonds. The van der Waals surface area contributed by atoms with Crippen molar-refractivity contribution in [3.63, 3.8) is 0 Å². The molecular weight excluding hydrogens is 333 g/mol. The molecule has 2 fully saturated rings. The zero-order valence-corrected chi connectivity index (χ0v) is 14.7. The van der Waals surface area contributed by atoms with Gasteiger partial charge in [-0.1, -0.05) is 6.92 Å². The minimum Gasteiger partial charge on any atom is -0.366 e. The molecule has 136 valence electrons. The van der Waals surface area contributed by atoms with Gasteiger partial charge in [-0.25, -0.2) is 4.39 Å². The Bertz CT molecular complexity index is 890. The van der Waals surface area contributed by atoms with Crippen LogP contribution in [0.5, 0.6) is 0 Å².